The molecule has 0 saturated heterocycles. The van der Waals surface area contributed by atoms with E-state index in [9.17, 15) is 9.59 Å². The Morgan fingerprint density at radius 3 is 2.35 bits per heavy atom. The minimum Gasteiger partial charge on any atom is -0.480 e. The van der Waals surface area contributed by atoms with Crippen LogP contribution >= 0.6 is 0 Å². The van der Waals surface area contributed by atoms with Gasteiger partial charge in [-0.15, -0.1) is 0 Å². The summed E-state index contributed by atoms with van der Waals surface area (Å²) >= 11 is 0. The van der Waals surface area contributed by atoms with Crippen molar-refractivity contribution in [1.82, 2.24) is 15.3 Å². The molecule has 17 heavy (non-hydrogen) atoms. The zero-order valence-electron chi connectivity index (χ0n) is 9.43. The van der Waals surface area contributed by atoms with Crippen molar-refractivity contribution < 1.29 is 14.7 Å². The highest BCUT2D eigenvalue weighted by Crippen LogP contribution is 2.32. The molecule has 0 unspecified atom stereocenters. The molecule has 2 rings (SSSR count). The first-order valence-electron chi connectivity index (χ1n) is 5.38. The van der Waals surface area contributed by atoms with Crippen LogP contribution in [0.4, 0.5) is 0 Å². The summed E-state index contributed by atoms with van der Waals surface area (Å²) in [5, 5.41) is 11.6. The van der Waals surface area contributed by atoms with Crippen LogP contribution in [0, 0.1) is 6.92 Å². The van der Waals surface area contributed by atoms with Gasteiger partial charge in [0.2, 0.25) is 0 Å². The Morgan fingerprint density at radius 1 is 1.35 bits per heavy atom. The molecule has 1 fully saturated rings. The molecule has 0 bridgehead atoms. The van der Waals surface area contributed by atoms with Gasteiger partial charge in [0.25, 0.3) is 5.91 Å². The van der Waals surface area contributed by atoms with Crippen molar-refractivity contribution in [3.8, 4) is 0 Å². The molecular formula is C11H13N3O3. The molecule has 0 atom stereocenters. The number of hydrogen-bond donors (Lipinski definition) is 2. The van der Waals surface area contributed by atoms with Crippen LogP contribution < -0.4 is 5.32 Å². The van der Waals surface area contributed by atoms with Gasteiger partial charge in [0, 0.05) is 12.4 Å². The van der Waals surface area contributed by atoms with Gasteiger partial charge in [0.05, 0.1) is 5.56 Å². The van der Waals surface area contributed by atoms with E-state index in [1.807, 2.05) is 0 Å². The topological polar surface area (TPSA) is 92.2 Å². The van der Waals surface area contributed by atoms with Gasteiger partial charge in [-0.1, -0.05) is 0 Å². The zero-order chi connectivity index (χ0) is 12.5. The third-order valence-electron chi connectivity index (χ3n) is 3.01. The normalized spacial score (nSPS) is 17.0. The molecular weight excluding hydrogens is 222 g/mol. The van der Waals surface area contributed by atoms with E-state index in [0.717, 1.165) is 6.42 Å². The predicted molar refractivity (Wildman–Crippen MR) is 58.5 cm³/mol. The molecule has 0 aromatic carbocycles. The zero-order valence-corrected chi connectivity index (χ0v) is 9.43. The summed E-state index contributed by atoms with van der Waals surface area (Å²) in [6.45, 7) is 1.71. The van der Waals surface area contributed by atoms with Crippen molar-refractivity contribution in [2.24, 2.45) is 0 Å². The fourth-order valence-corrected chi connectivity index (χ4v) is 1.72. The van der Waals surface area contributed by atoms with Crippen LogP contribution in [0.1, 0.15) is 35.4 Å². The molecule has 6 nitrogen and oxygen atoms in total. The monoisotopic (exact) mass is 235 g/mol. The van der Waals surface area contributed by atoms with Crippen LogP contribution in [0.2, 0.25) is 0 Å². The Kier molecular flexibility index (Phi) is 2.79. The Balaban J connectivity index is 2.11. The van der Waals surface area contributed by atoms with Gasteiger partial charge in [-0.2, -0.15) is 0 Å². The van der Waals surface area contributed by atoms with Crippen LogP contribution in [0.5, 0.6) is 0 Å². The van der Waals surface area contributed by atoms with Crippen LogP contribution in [-0.2, 0) is 4.79 Å². The molecule has 0 spiro atoms. The van der Waals surface area contributed by atoms with Crippen molar-refractivity contribution >= 4 is 11.9 Å². The van der Waals surface area contributed by atoms with Gasteiger partial charge in [0.1, 0.15) is 11.4 Å². The molecule has 0 aliphatic heterocycles. The van der Waals surface area contributed by atoms with Crippen LogP contribution in [0.25, 0.3) is 0 Å². The van der Waals surface area contributed by atoms with Gasteiger partial charge in [-0.3, -0.25) is 4.79 Å². The maximum absolute atomic E-state index is 11.8. The maximum atomic E-state index is 11.8. The molecule has 90 valence electrons. The first kappa shape index (κ1) is 11.5. The van der Waals surface area contributed by atoms with E-state index >= 15 is 0 Å². The molecule has 1 heterocycles. The smallest absolute Gasteiger partial charge is 0.329 e. The van der Waals surface area contributed by atoms with Gasteiger partial charge in [-0.05, 0) is 26.2 Å². The number of aliphatic carboxylic acids is 1. The quantitative estimate of drug-likeness (QED) is 0.796. The summed E-state index contributed by atoms with van der Waals surface area (Å²) < 4.78 is 0. The molecule has 1 saturated carbocycles. The van der Waals surface area contributed by atoms with Crippen LogP contribution in [-0.4, -0.2) is 32.5 Å². The highest BCUT2D eigenvalue weighted by atomic mass is 16.4. The summed E-state index contributed by atoms with van der Waals surface area (Å²) in [5.41, 5.74) is -0.815. The summed E-state index contributed by atoms with van der Waals surface area (Å²) in [6, 6.07) is 0. The molecule has 1 aliphatic rings. The second kappa shape index (κ2) is 4.12. The first-order chi connectivity index (χ1) is 8.03. The fraction of sp³-hybridized carbons (Fsp3) is 0.455. The number of nitrogens with zero attached hydrogens (tertiary/aromatic N) is 2. The van der Waals surface area contributed by atoms with E-state index in [1.165, 1.54) is 12.4 Å². The first-order valence-corrected chi connectivity index (χ1v) is 5.38. The van der Waals surface area contributed by atoms with Crippen LogP contribution in [0.15, 0.2) is 12.4 Å². The molecule has 1 aromatic heterocycles. The van der Waals surface area contributed by atoms with Crippen LogP contribution in [0.3, 0.4) is 0 Å². The number of carboxylic acid groups (broad SMARTS) is 1. The second-order valence-electron chi connectivity index (χ2n) is 4.21. The van der Waals surface area contributed by atoms with Gasteiger partial charge < -0.3 is 10.4 Å². The fourth-order valence-electron chi connectivity index (χ4n) is 1.72. The Labute approximate surface area is 98.1 Å². The highest BCUT2D eigenvalue weighted by Gasteiger charge is 2.45. The van der Waals surface area contributed by atoms with Crippen molar-refractivity contribution in [1.29, 1.82) is 0 Å². The number of carbonyl (C=O) groups is 2. The number of nitrogens with one attached hydrogen (secondary N) is 1. The number of aromatic nitrogens is 2. The summed E-state index contributed by atoms with van der Waals surface area (Å²) in [7, 11) is 0. The number of carbonyl (C=O) groups excluding carboxylic acids is 1. The van der Waals surface area contributed by atoms with Gasteiger partial charge in [-0.25, -0.2) is 14.8 Å². The van der Waals surface area contributed by atoms with E-state index in [4.69, 9.17) is 5.11 Å². The average molecular weight is 235 g/mol. The number of hydrogen-bond acceptors (Lipinski definition) is 4. The molecule has 0 radical (unpaired) electrons. The third kappa shape index (κ3) is 2.11. The summed E-state index contributed by atoms with van der Waals surface area (Å²) in [6.07, 6.45) is 4.55. The molecule has 2 N–H and O–H groups in total. The van der Waals surface area contributed by atoms with Crippen molar-refractivity contribution in [2.45, 2.75) is 31.7 Å². The maximum Gasteiger partial charge on any atom is 0.329 e. The predicted octanol–water partition coefficient (Wildman–Crippen LogP) is 0.522. The van der Waals surface area contributed by atoms with E-state index < -0.39 is 17.4 Å². The largest absolute Gasteiger partial charge is 0.480 e. The molecule has 1 amide bonds. The van der Waals surface area contributed by atoms with E-state index in [2.05, 4.69) is 15.3 Å². The Morgan fingerprint density at radius 2 is 1.94 bits per heavy atom. The lowest BCUT2D eigenvalue weighted by molar-refractivity contribution is -0.148. The SMILES string of the molecule is Cc1ncc(C(=O)NC2(C(=O)O)CCC2)cn1. The number of aryl methyl sites for hydroxylation is 1. The van der Waals surface area contributed by atoms with E-state index in [0.29, 0.717) is 18.7 Å². The standard InChI is InChI=1S/C11H13N3O3/c1-7-12-5-8(6-13-7)9(15)14-11(10(16)17)3-2-4-11/h5-6H,2-4H2,1H3,(H,14,15)(H,16,17). The van der Waals surface area contributed by atoms with Crippen molar-refractivity contribution in [3.05, 3.63) is 23.8 Å². The Hall–Kier alpha value is -1.98. The Bertz CT molecular complexity index is 452. The number of carboxylic acids is 1. The second-order valence-corrected chi connectivity index (χ2v) is 4.21. The van der Waals surface area contributed by atoms with Gasteiger partial charge >= 0.3 is 5.97 Å². The van der Waals surface area contributed by atoms with Crippen molar-refractivity contribution in [2.75, 3.05) is 0 Å². The molecule has 1 aliphatic carbocycles. The minimum absolute atomic E-state index is 0.281. The molecule has 1 aromatic rings. The summed E-state index contributed by atoms with van der Waals surface area (Å²) in [4.78, 5) is 30.7. The van der Waals surface area contributed by atoms with E-state index in [-0.39, 0.29) is 5.56 Å². The lowest BCUT2D eigenvalue weighted by atomic mass is 9.76. The number of rotatable bonds is 3. The average Bonchev–Trinajstić information content (AvgIpc) is 2.23. The molecule has 6 heteroatoms. The van der Waals surface area contributed by atoms with Crippen molar-refractivity contribution in [3.63, 3.8) is 0 Å². The summed E-state index contributed by atoms with van der Waals surface area (Å²) in [5.74, 6) is -0.852. The minimum atomic E-state index is -1.10. The third-order valence-corrected chi connectivity index (χ3v) is 3.01. The highest BCUT2D eigenvalue weighted by molar-refractivity contribution is 5.97. The number of amides is 1. The lowest BCUT2D eigenvalue weighted by Crippen LogP contribution is -2.59. The lowest BCUT2D eigenvalue weighted by Gasteiger charge is -2.38. The van der Waals surface area contributed by atoms with E-state index in [1.54, 1.807) is 6.92 Å². The van der Waals surface area contributed by atoms with Gasteiger partial charge in [0.15, 0.2) is 0 Å².